The molecule has 1 N–H and O–H groups in total. The minimum Gasteiger partial charge on any atom is -0.329 e. The van der Waals surface area contributed by atoms with E-state index in [0.29, 0.717) is 0 Å². The molecule has 1 aromatic heterocycles. The summed E-state index contributed by atoms with van der Waals surface area (Å²) in [6, 6.07) is 5.48. The fourth-order valence-electron chi connectivity index (χ4n) is 1.57. The summed E-state index contributed by atoms with van der Waals surface area (Å²) in [5.74, 6) is -3.57. The van der Waals surface area contributed by atoms with Crippen molar-refractivity contribution in [3.8, 4) is 11.4 Å². The van der Waals surface area contributed by atoms with Crippen LogP contribution in [0.25, 0.3) is 11.4 Å². The van der Waals surface area contributed by atoms with Gasteiger partial charge in [-0.1, -0.05) is 5.16 Å². The number of aromatic nitrogens is 2. The maximum absolute atomic E-state index is 12.4. The Morgan fingerprint density at radius 2 is 1.88 bits per heavy atom. The normalized spacial score (nSPS) is 11.2. The van der Waals surface area contributed by atoms with E-state index in [9.17, 15) is 22.8 Å². The number of rotatable bonds is 3. The topological polar surface area (TPSA) is 97.6 Å². The predicted molar refractivity (Wildman–Crippen MR) is 73.1 cm³/mol. The zero-order valence-electron chi connectivity index (χ0n) is 12.4. The van der Waals surface area contributed by atoms with Crippen LogP contribution >= 0.6 is 0 Å². The molecule has 11 heteroatoms. The third-order valence-corrected chi connectivity index (χ3v) is 2.82. The summed E-state index contributed by atoms with van der Waals surface area (Å²) in [5.41, 5.74) is 0.494. The SMILES string of the molecule is CON(C)C(=O)C(=O)Nc1ccc(-c2noc(C(F)(F)F)n2)cc1. The molecule has 0 aliphatic rings. The van der Waals surface area contributed by atoms with Gasteiger partial charge in [-0.3, -0.25) is 14.4 Å². The summed E-state index contributed by atoms with van der Waals surface area (Å²) in [5, 5.41) is 6.28. The molecule has 128 valence electrons. The van der Waals surface area contributed by atoms with Gasteiger partial charge in [0.15, 0.2) is 0 Å². The van der Waals surface area contributed by atoms with Crippen molar-refractivity contribution >= 4 is 17.5 Å². The molecule has 0 atom stereocenters. The molecule has 2 amide bonds. The van der Waals surface area contributed by atoms with Crippen LogP contribution in [0, 0.1) is 0 Å². The number of likely N-dealkylation sites (N-methyl/N-ethyl adjacent to an activating group) is 1. The maximum atomic E-state index is 12.4. The zero-order valence-corrected chi connectivity index (χ0v) is 12.4. The largest absolute Gasteiger partial charge is 0.471 e. The van der Waals surface area contributed by atoms with Crippen molar-refractivity contribution in [2.45, 2.75) is 6.18 Å². The van der Waals surface area contributed by atoms with Crippen LogP contribution in [0.2, 0.25) is 0 Å². The van der Waals surface area contributed by atoms with Gasteiger partial charge in [-0.05, 0) is 24.3 Å². The number of amides is 2. The Hall–Kier alpha value is -2.95. The quantitative estimate of drug-likeness (QED) is 0.672. The van der Waals surface area contributed by atoms with Gasteiger partial charge in [0.05, 0.1) is 7.11 Å². The van der Waals surface area contributed by atoms with Crippen LogP contribution in [0.5, 0.6) is 0 Å². The molecule has 1 heterocycles. The summed E-state index contributed by atoms with van der Waals surface area (Å²) in [6.45, 7) is 0. The van der Waals surface area contributed by atoms with Crippen molar-refractivity contribution in [2.24, 2.45) is 0 Å². The molecule has 0 aliphatic carbocycles. The van der Waals surface area contributed by atoms with Gasteiger partial charge in [-0.25, -0.2) is 5.06 Å². The lowest BCUT2D eigenvalue weighted by Crippen LogP contribution is -2.36. The van der Waals surface area contributed by atoms with Gasteiger partial charge >= 0.3 is 23.9 Å². The summed E-state index contributed by atoms with van der Waals surface area (Å²) in [4.78, 5) is 31.0. The van der Waals surface area contributed by atoms with E-state index in [0.717, 1.165) is 5.06 Å². The summed E-state index contributed by atoms with van der Waals surface area (Å²) >= 11 is 0. The molecule has 0 radical (unpaired) electrons. The molecular formula is C13H11F3N4O4. The molecule has 2 aromatic rings. The maximum Gasteiger partial charge on any atom is 0.471 e. The van der Waals surface area contributed by atoms with Gasteiger partial charge in [0.2, 0.25) is 5.82 Å². The number of carbonyl (C=O) groups excluding carboxylic acids is 2. The predicted octanol–water partition coefficient (Wildman–Crippen LogP) is 1.71. The fourth-order valence-corrected chi connectivity index (χ4v) is 1.57. The number of anilines is 1. The number of hydrogen-bond acceptors (Lipinski definition) is 6. The second-order valence-electron chi connectivity index (χ2n) is 4.44. The van der Waals surface area contributed by atoms with E-state index in [1.165, 1.54) is 38.4 Å². The number of benzene rings is 1. The van der Waals surface area contributed by atoms with Gasteiger partial charge in [-0.2, -0.15) is 18.2 Å². The zero-order chi connectivity index (χ0) is 17.9. The Labute approximate surface area is 133 Å². The number of carbonyl (C=O) groups is 2. The first-order chi connectivity index (χ1) is 11.2. The Kier molecular flexibility index (Phi) is 4.83. The third-order valence-electron chi connectivity index (χ3n) is 2.82. The smallest absolute Gasteiger partial charge is 0.329 e. The van der Waals surface area contributed by atoms with Crippen LogP contribution < -0.4 is 5.32 Å². The molecule has 2 rings (SSSR count). The van der Waals surface area contributed by atoms with E-state index in [1.807, 2.05) is 0 Å². The lowest BCUT2D eigenvalue weighted by atomic mass is 10.2. The van der Waals surface area contributed by atoms with E-state index in [-0.39, 0.29) is 17.1 Å². The van der Waals surface area contributed by atoms with Crippen LogP contribution in [0.15, 0.2) is 28.8 Å². The third kappa shape index (κ3) is 3.87. The van der Waals surface area contributed by atoms with Crippen LogP contribution in [0.3, 0.4) is 0 Å². The highest BCUT2D eigenvalue weighted by Gasteiger charge is 2.38. The minimum atomic E-state index is -4.73. The molecular weight excluding hydrogens is 333 g/mol. The first kappa shape index (κ1) is 17.4. The van der Waals surface area contributed by atoms with Crippen molar-refractivity contribution in [3.63, 3.8) is 0 Å². The molecule has 24 heavy (non-hydrogen) atoms. The highest BCUT2D eigenvalue weighted by Crippen LogP contribution is 2.29. The first-order valence-electron chi connectivity index (χ1n) is 6.37. The highest BCUT2D eigenvalue weighted by molar-refractivity contribution is 6.39. The fraction of sp³-hybridized carbons (Fsp3) is 0.231. The van der Waals surface area contributed by atoms with E-state index < -0.39 is 23.9 Å². The number of nitrogens with one attached hydrogen (secondary N) is 1. The monoisotopic (exact) mass is 344 g/mol. The standard InChI is InChI=1S/C13H11F3N4O4/c1-20(23-2)11(22)10(21)17-8-5-3-7(4-6-8)9-18-12(24-19-9)13(14,15)16/h3-6H,1-2H3,(H,17,21). The Balaban J connectivity index is 2.09. The molecule has 0 saturated heterocycles. The minimum absolute atomic E-state index is 0.243. The molecule has 0 fully saturated rings. The molecule has 0 aliphatic heterocycles. The first-order valence-corrected chi connectivity index (χ1v) is 6.37. The van der Waals surface area contributed by atoms with Crippen molar-refractivity contribution in [1.82, 2.24) is 15.2 Å². The Morgan fingerprint density at radius 1 is 1.25 bits per heavy atom. The second kappa shape index (κ2) is 6.66. The number of nitrogens with zero attached hydrogens (tertiary/aromatic N) is 3. The van der Waals surface area contributed by atoms with Gasteiger partial charge < -0.3 is 9.84 Å². The number of alkyl halides is 3. The summed E-state index contributed by atoms with van der Waals surface area (Å²) in [6.07, 6.45) is -4.73. The second-order valence-corrected chi connectivity index (χ2v) is 4.44. The summed E-state index contributed by atoms with van der Waals surface area (Å²) in [7, 11) is 2.49. The lowest BCUT2D eigenvalue weighted by molar-refractivity contribution is -0.171. The van der Waals surface area contributed by atoms with Gasteiger partial charge in [0.1, 0.15) is 0 Å². The van der Waals surface area contributed by atoms with Gasteiger partial charge in [0, 0.05) is 18.3 Å². The van der Waals surface area contributed by atoms with Gasteiger partial charge in [0.25, 0.3) is 0 Å². The molecule has 0 unspecified atom stereocenters. The van der Waals surface area contributed by atoms with E-state index in [4.69, 9.17) is 0 Å². The van der Waals surface area contributed by atoms with E-state index >= 15 is 0 Å². The molecule has 1 aromatic carbocycles. The number of halogens is 3. The van der Waals surface area contributed by atoms with Crippen molar-refractivity contribution in [2.75, 3.05) is 19.5 Å². The van der Waals surface area contributed by atoms with Crippen LogP contribution in [-0.2, 0) is 20.6 Å². The average Bonchev–Trinajstić information content (AvgIpc) is 3.04. The highest BCUT2D eigenvalue weighted by atomic mass is 19.4. The van der Waals surface area contributed by atoms with E-state index in [1.54, 1.807) is 0 Å². The van der Waals surface area contributed by atoms with Crippen molar-refractivity contribution in [3.05, 3.63) is 30.2 Å². The Bertz CT molecular complexity index is 742. The molecule has 8 nitrogen and oxygen atoms in total. The number of hydrogen-bond donors (Lipinski definition) is 1. The summed E-state index contributed by atoms with van der Waals surface area (Å²) < 4.78 is 41.3. The van der Waals surface area contributed by atoms with Crippen LogP contribution in [0.4, 0.5) is 18.9 Å². The molecule has 0 bridgehead atoms. The van der Waals surface area contributed by atoms with Crippen molar-refractivity contribution < 1.29 is 32.1 Å². The lowest BCUT2D eigenvalue weighted by Gasteiger charge is -2.13. The molecule has 0 saturated carbocycles. The average molecular weight is 344 g/mol. The van der Waals surface area contributed by atoms with Crippen LogP contribution in [-0.4, -0.2) is 41.2 Å². The van der Waals surface area contributed by atoms with E-state index in [2.05, 4.69) is 24.8 Å². The molecule has 0 spiro atoms. The number of hydroxylamine groups is 2. The van der Waals surface area contributed by atoms with Crippen molar-refractivity contribution in [1.29, 1.82) is 0 Å². The Morgan fingerprint density at radius 3 is 2.38 bits per heavy atom. The van der Waals surface area contributed by atoms with Crippen LogP contribution in [0.1, 0.15) is 5.89 Å². The van der Waals surface area contributed by atoms with Gasteiger partial charge in [-0.15, -0.1) is 0 Å².